The molecule has 1 N–H and O–H groups in total. The SMILES string of the molecule is C[C@H]1CN(C)CCN1CC(=O)NCc1ccc(N2CCCC2)cc1. The van der Waals surface area contributed by atoms with Crippen LogP contribution < -0.4 is 10.2 Å². The highest BCUT2D eigenvalue weighted by molar-refractivity contribution is 5.78. The van der Waals surface area contributed by atoms with Crippen molar-refractivity contribution in [3.8, 4) is 0 Å². The lowest BCUT2D eigenvalue weighted by Gasteiger charge is -2.37. The van der Waals surface area contributed by atoms with E-state index in [1.807, 2.05) is 0 Å². The van der Waals surface area contributed by atoms with E-state index < -0.39 is 0 Å². The number of carbonyl (C=O) groups is 1. The van der Waals surface area contributed by atoms with Gasteiger partial charge in [0.25, 0.3) is 0 Å². The first-order chi connectivity index (χ1) is 11.6. The van der Waals surface area contributed by atoms with E-state index in [-0.39, 0.29) is 5.91 Å². The maximum absolute atomic E-state index is 12.2. The number of hydrogen-bond acceptors (Lipinski definition) is 4. The number of anilines is 1. The van der Waals surface area contributed by atoms with E-state index >= 15 is 0 Å². The molecular formula is C19H30N4O. The summed E-state index contributed by atoms with van der Waals surface area (Å²) in [6, 6.07) is 9.05. The number of likely N-dealkylation sites (N-methyl/N-ethyl adjacent to an activating group) is 1. The monoisotopic (exact) mass is 330 g/mol. The van der Waals surface area contributed by atoms with E-state index in [2.05, 4.69) is 58.3 Å². The van der Waals surface area contributed by atoms with Crippen molar-refractivity contribution in [2.45, 2.75) is 32.4 Å². The van der Waals surface area contributed by atoms with Gasteiger partial charge in [-0.05, 0) is 44.5 Å². The van der Waals surface area contributed by atoms with Crippen molar-refractivity contribution in [2.75, 3.05) is 51.2 Å². The standard InChI is InChI=1S/C19H30N4O/c1-16-14-21(2)11-12-23(16)15-19(24)20-13-17-5-7-18(8-6-17)22-9-3-4-10-22/h5-8,16H,3-4,9-15H2,1-2H3,(H,20,24)/t16-/m0/s1. The largest absolute Gasteiger partial charge is 0.372 e. The van der Waals surface area contributed by atoms with Gasteiger partial charge >= 0.3 is 0 Å². The second-order valence-corrected chi connectivity index (χ2v) is 7.22. The van der Waals surface area contributed by atoms with Crippen LogP contribution in [0, 0.1) is 0 Å². The van der Waals surface area contributed by atoms with Gasteiger partial charge in [-0.1, -0.05) is 12.1 Å². The second kappa shape index (κ2) is 7.99. The van der Waals surface area contributed by atoms with Gasteiger partial charge in [0, 0.05) is 51.0 Å². The maximum Gasteiger partial charge on any atom is 0.234 e. The van der Waals surface area contributed by atoms with Gasteiger partial charge in [0.2, 0.25) is 5.91 Å². The minimum absolute atomic E-state index is 0.120. The molecule has 0 spiro atoms. The smallest absolute Gasteiger partial charge is 0.234 e. The lowest BCUT2D eigenvalue weighted by atomic mass is 10.2. The molecule has 5 heteroatoms. The molecule has 1 aromatic carbocycles. The Morgan fingerprint density at radius 2 is 1.83 bits per heavy atom. The topological polar surface area (TPSA) is 38.8 Å². The first kappa shape index (κ1) is 17.2. The minimum Gasteiger partial charge on any atom is -0.372 e. The molecule has 5 nitrogen and oxygen atoms in total. The predicted molar refractivity (Wildman–Crippen MR) is 98.3 cm³/mol. The van der Waals surface area contributed by atoms with Crippen LogP contribution in [0.4, 0.5) is 5.69 Å². The van der Waals surface area contributed by atoms with Gasteiger partial charge in [0.05, 0.1) is 6.54 Å². The summed E-state index contributed by atoms with van der Waals surface area (Å²) in [5, 5.41) is 3.06. The summed E-state index contributed by atoms with van der Waals surface area (Å²) in [6.45, 7) is 8.68. The van der Waals surface area contributed by atoms with Crippen molar-refractivity contribution in [3.63, 3.8) is 0 Å². The van der Waals surface area contributed by atoms with Gasteiger partial charge in [-0.3, -0.25) is 9.69 Å². The average Bonchev–Trinajstić information content (AvgIpc) is 3.11. The Morgan fingerprint density at radius 1 is 1.12 bits per heavy atom. The van der Waals surface area contributed by atoms with Gasteiger partial charge in [0.15, 0.2) is 0 Å². The van der Waals surface area contributed by atoms with Crippen molar-refractivity contribution in [1.82, 2.24) is 15.1 Å². The molecule has 0 bridgehead atoms. The van der Waals surface area contributed by atoms with Crippen molar-refractivity contribution < 1.29 is 4.79 Å². The number of piperazine rings is 1. The van der Waals surface area contributed by atoms with Crippen LogP contribution in [-0.2, 0) is 11.3 Å². The Morgan fingerprint density at radius 3 is 2.50 bits per heavy atom. The molecule has 0 unspecified atom stereocenters. The fraction of sp³-hybridized carbons (Fsp3) is 0.632. The summed E-state index contributed by atoms with van der Waals surface area (Å²) >= 11 is 0. The number of rotatable bonds is 5. The van der Waals surface area contributed by atoms with Gasteiger partial charge in [-0.2, -0.15) is 0 Å². The number of amides is 1. The summed E-state index contributed by atoms with van der Waals surface area (Å²) in [4.78, 5) is 19.2. The van der Waals surface area contributed by atoms with Crippen LogP contribution in [0.15, 0.2) is 24.3 Å². The molecular weight excluding hydrogens is 300 g/mol. The summed E-state index contributed by atoms with van der Waals surface area (Å²) in [5.74, 6) is 0.120. The molecule has 1 atom stereocenters. The molecule has 0 aromatic heterocycles. The van der Waals surface area contributed by atoms with Crippen LogP contribution >= 0.6 is 0 Å². The van der Waals surface area contributed by atoms with Crippen molar-refractivity contribution >= 4 is 11.6 Å². The molecule has 2 aliphatic rings. The molecule has 24 heavy (non-hydrogen) atoms. The molecule has 1 aromatic rings. The quantitative estimate of drug-likeness (QED) is 0.889. The molecule has 1 amide bonds. The molecule has 0 radical (unpaired) electrons. The zero-order valence-electron chi connectivity index (χ0n) is 15.0. The van der Waals surface area contributed by atoms with Gasteiger partial charge in [-0.25, -0.2) is 0 Å². The number of nitrogens with one attached hydrogen (secondary N) is 1. The van der Waals surface area contributed by atoms with E-state index in [4.69, 9.17) is 0 Å². The third-order valence-corrected chi connectivity index (χ3v) is 5.21. The lowest BCUT2D eigenvalue weighted by Crippen LogP contribution is -2.53. The highest BCUT2D eigenvalue weighted by Gasteiger charge is 2.23. The van der Waals surface area contributed by atoms with Gasteiger partial charge in [0.1, 0.15) is 0 Å². The molecule has 2 aliphatic heterocycles. The molecule has 2 saturated heterocycles. The Bertz CT molecular complexity index is 539. The zero-order valence-corrected chi connectivity index (χ0v) is 15.0. The first-order valence-corrected chi connectivity index (χ1v) is 9.15. The van der Waals surface area contributed by atoms with Crippen LogP contribution in [0.1, 0.15) is 25.3 Å². The Balaban J connectivity index is 1.44. The fourth-order valence-corrected chi connectivity index (χ4v) is 3.65. The van der Waals surface area contributed by atoms with E-state index in [1.165, 1.54) is 31.6 Å². The highest BCUT2D eigenvalue weighted by atomic mass is 16.2. The highest BCUT2D eigenvalue weighted by Crippen LogP contribution is 2.20. The van der Waals surface area contributed by atoms with E-state index in [0.717, 1.165) is 25.2 Å². The predicted octanol–water partition coefficient (Wildman–Crippen LogP) is 1.54. The fourth-order valence-electron chi connectivity index (χ4n) is 3.65. The Hall–Kier alpha value is -1.59. The molecule has 3 rings (SSSR count). The van der Waals surface area contributed by atoms with Crippen molar-refractivity contribution in [2.24, 2.45) is 0 Å². The van der Waals surface area contributed by atoms with Crippen LogP contribution in [0.3, 0.4) is 0 Å². The molecule has 132 valence electrons. The van der Waals surface area contributed by atoms with E-state index in [9.17, 15) is 4.79 Å². The summed E-state index contributed by atoms with van der Waals surface area (Å²) in [6.07, 6.45) is 2.59. The molecule has 2 fully saturated rings. The third kappa shape index (κ3) is 4.48. The third-order valence-electron chi connectivity index (χ3n) is 5.21. The summed E-state index contributed by atoms with van der Waals surface area (Å²) < 4.78 is 0. The molecule has 0 saturated carbocycles. The molecule has 2 heterocycles. The Kier molecular flexibility index (Phi) is 5.74. The van der Waals surface area contributed by atoms with Crippen LogP contribution in [0.2, 0.25) is 0 Å². The maximum atomic E-state index is 12.2. The van der Waals surface area contributed by atoms with Crippen LogP contribution in [0.25, 0.3) is 0 Å². The van der Waals surface area contributed by atoms with Gasteiger partial charge < -0.3 is 15.1 Å². The van der Waals surface area contributed by atoms with Crippen LogP contribution in [-0.4, -0.2) is 68.1 Å². The van der Waals surface area contributed by atoms with Crippen LogP contribution in [0.5, 0.6) is 0 Å². The number of nitrogens with zero attached hydrogens (tertiary/aromatic N) is 3. The summed E-state index contributed by atoms with van der Waals surface area (Å²) in [5.41, 5.74) is 2.46. The first-order valence-electron chi connectivity index (χ1n) is 9.15. The zero-order chi connectivity index (χ0) is 16.9. The van der Waals surface area contributed by atoms with Gasteiger partial charge in [-0.15, -0.1) is 0 Å². The summed E-state index contributed by atoms with van der Waals surface area (Å²) in [7, 11) is 2.14. The Labute approximate surface area is 145 Å². The molecule has 0 aliphatic carbocycles. The average molecular weight is 330 g/mol. The lowest BCUT2D eigenvalue weighted by molar-refractivity contribution is -0.123. The number of benzene rings is 1. The van der Waals surface area contributed by atoms with Crippen molar-refractivity contribution in [3.05, 3.63) is 29.8 Å². The minimum atomic E-state index is 0.120. The van der Waals surface area contributed by atoms with Crippen molar-refractivity contribution in [1.29, 1.82) is 0 Å². The van der Waals surface area contributed by atoms with E-state index in [0.29, 0.717) is 19.1 Å². The number of hydrogen-bond donors (Lipinski definition) is 1. The second-order valence-electron chi connectivity index (χ2n) is 7.22. The number of carbonyl (C=O) groups excluding carboxylic acids is 1. The van der Waals surface area contributed by atoms with E-state index in [1.54, 1.807) is 0 Å². The normalized spacial score (nSPS) is 22.8.